The van der Waals surface area contributed by atoms with Crippen molar-refractivity contribution in [1.29, 1.82) is 0 Å². The van der Waals surface area contributed by atoms with Crippen LogP contribution in [0, 0.1) is 0 Å². The van der Waals surface area contributed by atoms with E-state index in [0.29, 0.717) is 0 Å². The number of rotatable bonds is 2. The number of hydrogen-bond acceptors (Lipinski definition) is 4. The van der Waals surface area contributed by atoms with E-state index in [-0.39, 0.29) is 10.9 Å². The molecule has 1 fully saturated rings. The molecule has 5 nitrogen and oxygen atoms in total. The van der Waals surface area contributed by atoms with E-state index < -0.39 is 26.3 Å². The lowest BCUT2D eigenvalue weighted by Gasteiger charge is -2.56. The van der Waals surface area contributed by atoms with Gasteiger partial charge >= 0.3 is 5.97 Å². The van der Waals surface area contributed by atoms with Crippen molar-refractivity contribution in [1.82, 2.24) is 4.57 Å². The van der Waals surface area contributed by atoms with Crippen molar-refractivity contribution < 1.29 is 14.3 Å². The maximum absolute atomic E-state index is 11.9. The van der Waals surface area contributed by atoms with Crippen molar-refractivity contribution in [2.24, 2.45) is 5.73 Å². The van der Waals surface area contributed by atoms with E-state index in [0.717, 1.165) is 0 Å². The Morgan fingerprint density at radius 3 is 2.24 bits per heavy atom. The van der Waals surface area contributed by atoms with Crippen LogP contribution in [-0.4, -0.2) is 43.9 Å². The minimum absolute atomic E-state index is 0.0188. The van der Waals surface area contributed by atoms with Gasteiger partial charge in [-0.2, -0.15) is 0 Å². The SMILES string of the molecule is COC(=O)C1C(N)C(=O)N1[Si](C)(C)C(C)(C)C. The fourth-order valence-corrected chi connectivity index (χ4v) is 4.25. The van der Waals surface area contributed by atoms with Crippen LogP contribution in [0.2, 0.25) is 18.1 Å². The van der Waals surface area contributed by atoms with Gasteiger partial charge in [0.15, 0.2) is 8.24 Å². The molecule has 2 N–H and O–H groups in total. The van der Waals surface area contributed by atoms with Crippen LogP contribution >= 0.6 is 0 Å². The molecule has 1 amide bonds. The van der Waals surface area contributed by atoms with Gasteiger partial charge in [0.05, 0.1) is 7.11 Å². The summed E-state index contributed by atoms with van der Waals surface area (Å²) in [5.74, 6) is -0.547. The van der Waals surface area contributed by atoms with Crippen LogP contribution < -0.4 is 5.73 Å². The zero-order valence-corrected chi connectivity index (χ0v) is 12.4. The number of nitrogens with zero attached hydrogens (tertiary/aromatic N) is 1. The standard InChI is InChI=1S/C11H22N2O3Si/c1-11(2,3)17(5,6)13-8(10(15)16-4)7(12)9(13)14/h7-8H,12H2,1-6H3. The van der Waals surface area contributed by atoms with Gasteiger partial charge in [0.25, 0.3) is 0 Å². The van der Waals surface area contributed by atoms with Crippen LogP contribution in [-0.2, 0) is 14.3 Å². The molecule has 98 valence electrons. The molecule has 0 aromatic carbocycles. The first-order valence-electron chi connectivity index (χ1n) is 5.72. The molecule has 0 aromatic rings. The lowest BCUT2D eigenvalue weighted by molar-refractivity contribution is -0.160. The summed E-state index contributed by atoms with van der Waals surface area (Å²) in [6, 6.07) is -1.34. The molecular weight excluding hydrogens is 236 g/mol. The second-order valence-electron chi connectivity index (χ2n) is 6.01. The Hall–Kier alpha value is -0.883. The van der Waals surface area contributed by atoms with E-state index in [2.05, 4.69) is 33.9 Å². The Morgan fingerprint density at radius 1 is 1.41 bits per heavy atom. The number of carbonyl (C=O) groups is 2. The maximum atomic E-state index is 11.9. The molecule has 0 aliphatic carbocycles. The molecule has 1 aliphatic rings. The summed E-state index contributed by atoms with van der Waals surface area (Å²) < 4.78 is 6.40. The van der Waals surface area contributed by atoms with Gasteiger partial charge < -0.3 is 15.0 Å². The van der Waals surface area contributed by atoms with E-state index in [1.165, 1.54) is 7.11 Å². The Bertz CT molecular complexity index is 349. The van der Waals surface area contributed by atoms with Crippen LogP contribution in [0.3, 0.4) is 0 Å². The highest BCUT2D eigenvalue weighted by molar-refractivity contribution is 6.80. The highest BCUT2D eigenvalue weighted by Gasteiger charge is 2.59. The topological polar surface area (TPSA) is 72.6 Å². The fraction of sp³-hybridized carbons (Fsp3) is 0.818. The number of carbonyl (C=O) groups excluding carboxylic acids is 2. The predicted octanol–water partition coefficient (Wildman–Crippen LogP) is 0.703. The Kier molecular flexibility index (Phi) is 3.42. The van der Waals surface area contributed by atoms with Gasteiger partial charge in [0, 0.05) is 0 Å². The van der Waals surface area contributed by atoms with Gasteiger partial charge in [-0.3, -0.25) is 4.79 Å². The minimum Gasteiger partial charge on any atom is -0.467 e. The molecule has 2 unspecified atom stereocenters. The molecule has 1 rings (SSSR count). The zero-order chi connectivity index (χ0) is 13.6. The molecule has 17 heavy (non-hydrogen) atoms. The van der Waals surface area contributed by atoms with Gasteiger partial charge in [-0.1, -0.05) is 33.9 Å². The lowest BCUT2D eigenvalue weighted by atomic mass is 10.0. The number of nitrogens with two attached hydrogens (primary N) is 1. The predicted molar refractivity (Wildman–Crippen MR) is 67.8 cm³/mol. The van der Waals surface area contributed by atoms with Crippen molar-refractivity contribution >= 4 is 20.1 Å². The summed E-state index contributed by atoms with van der Waals surface area (Å²) in [4.78, 5) is 23.6. The second-order valence-corrected chi connectivity index (χ2v) is 11.1. The number of amides is 1. The zero-order valence-electron chi connectivity index (χ0n) is 11.4. The molecule has 0 saturated carbocycles. The van der Waals surface area contributed by atoms with E-state index in [1.54, 1.807) is 4.57 Å². The highest BCUT2D eigenvalue weighted by Crippen LogP contribution is 2.42. The third kappa shape index (κ3) is 1.99. The van der Waals surface area contributed by atoms with Gasteiger partial charge in [-0.15, -0.1) is 0 Å². The van der Waals surface area contributed by atoms with Crippen molar-refractivity contribution in [3.8, 4) is 0 Å². The van der Waals surface area contributed by atoms with Crippen LogP contribution in [0.25, 0.3) is 0 Å². The summed E-state index contributed by atoms with van der Waals surface area (Å²) >= 11 is 0. The van der Waals surface area contributed by atoms with Crippen molar-refractivity contribution in [2.75, 3.05) is 7.11 Å². The van der Waals surface area contributed by atoms with Crippen LogP contribution in [0.4, 0.5) is 0 Å². The molecule has 1 saturated heterocycles. The quantitative estimate of drug-likeness (QED) is 0.449. The van der Waals surface area contributed by atoms with E-state index in [1.807, 2.05) is 0 Å². The second kappa shape index (κ2) is 4.10. The normalized spacial score (nSPS) is 25.6. The average Bonchev–Trinajstić information content (AvgIpc) is 2.21. The monoisotopic (exact) mass is 258 g/mol. The Balaban J connectivity index is 3.05. The summed E-state index contributed by atoms with van der Waals surface area (Å²) in [5.41, 5.74) is 5.70. The molecule has 0 bridgehead atoms. The molecular formula is C11H22N2O3Si. The highest BCUT2D eigenvalue weighted by atomic mass is 28.3. The first kappa shape index (κ1) is 14.2. The molecule has 1 heterocycles. The summed E-state index contributed by atoms with van der Waals surface area (Å²) in [7, 11) is -0.744. The Labute approximate surface area is 103 Å². The first-order chi connectivity index (χ1) is 7.55. The summed E-state index contributed by atoms with van der Waals surface area (Å²) in [6.45, 7) is 10.4. The van der Waals surface area contributed by atoms with Crippen LogP contribution in [0.1, 0.15) is 20.8 Å². The number of ether oxygens (including phenoxy) is 1. The van der Waals surface area contributed by atoms with Gasteiger partial charge in [0.1, 0.15) is 12.1 Å². The van der Waals surface area contributed by atoms with Gasteiger partial charge in [0.2, 0.25) is 5.91 Å². The number of β-lactam (4-membered cyclic amide) rings is 1. The number of esters is 1. The fourth-order valence-electron chi connectivity index (χ4n) is 1.87. The molecule has 2 atom stereocenters. The van der Waals surface area contributed by atoms with Crippen molar-refractivity contribution in [2.45, 2.75) is 51.0 Å². The largest absolute Gasteiger partial charge is 0.467 e. The van der Waals surface area contributed by atoms with Gasteiger partial charge in [-0.25, -0.2) is 4.79 Å². The number of hydrogen-bond donors (Lipinski definition) is 1. The molecule has 1 aliphatic heterocycles. The van der Waals surface area contributed by atoms with Crippen molar-refractivity contribution in [3.05, 3.63) is 0 Å². The van der Waals surface area contributed by atoms with Crippen LogP contribution in [0.5, 0.6) is 0 Å². The summed E-state index contributed by atoms with van der Waals surface area (Å²) in [6.07, 6.45) is 0. The van der Waals surface area contributed by atoms with Crippen LogP contribution in [0.15, 0.2) is 0 Å². The lowest BCUT2D eigenvalue weighted by Crippen LogP contribution is -2.79. The van der Waals surface area contributed by atoms with E-state index in [4.69, 9.17) is 10.5 Å². The van der Waals surface area contributed by atoms with E-state index >= 15 is 0 Å². The maximum Gasteiger partial charge on any atom is 0.329 e. The summed E-state index contributed by atoms with van der Waals surface area (Å²) in [5, 5.41) is -0.0188. The van der Waals surface area contributed by atoms with Crippen molar-refractivity contribution in [3.63, 3.8) is 0 Å². The average molecular weight is 258 g/mol. The first-order valence-corrected chi connectivity index (χ1v) is 8.67. The molecule has 0 aromatic heterocycles. The Morgan fingerprint density at radius 2 is 1.88 bits per heavy atom. The number of methoxy groups -OCH3 is 1. The third-order valence-corrected chi connectivity index (χ3v) is 9.40. The minimum atomic E-state index is -2.07. The molecule has 6 heteroatoms. The third-order valence-electron chi connectivity index (χ3n) is 4.02. The van der Waals surface area contributed by atoms with E-state index in [9.17, 15) is 9.59 Å². The van der Waals surface area contributed by atoms with Gasteiger partial charge in [-0.05, 0) is 5.04 Å². The smallest absolute Gasteiger partial charge is 0.329 e. The molecule has 0 radical (unpaired) electrons. The molecule has 0 spiro atoms.